The highest BCUT2D eigenvalue weighted by atomic mass is 15.4. The molecule has 0 amide bonds. The van der Waals surface area contributed by atoms with Gasteiger partial charge in [-0.25, -0.2) is 4.68 Å². The van der Waals surface area contributed by atoms with Gasteiger partial charge in [-0.2, -0.15) is 4.98 Å². The van der Waals surface area contributed by atoms with E-state index in [1.54, 1.807) is 4.68 Å². The normalized spacial score (nSPS) is 10.3. The smallest absolute Gasteiger partial charge is 0.243 e. The summed E-state index contributed by atoms with van der Waals surface area (Å²) in [7, 11) is 0. The summed E-state index contributed by atoms with van der Waals surface area (Å²) >= 11 is 0. The van der Waals surface area contributed by atoms with Crippen LogP contribution >= 0.6 is 0 Å². The monoisotopic (exact) mass is 217 g/mol. The summed E-state index contributed by atoms with van der Waals surface area (Å²) in [5, 5.41) is 7.30. The van der Waals surface area contributed by atoms with E-state index < -0.39 is 0 Å². The van der Waals surface area contributed by atoms with Crippen LogP contribution in [0.15, 0.2) is 30.3 Å². The van der Waals surface area contributed by atoms with E-state index >= 15 is 0 Å². The Morgan fingerprint density at radius 2 is 2.06 bits per heavy atom. The maximum absolute atomic E-state index is 5.77. The third-order valence-corrected chi connectivity index (χ3v) is 2.21. The lowest BCUT2D eigenvalue weighted by Crippen LogP contribution is -2.06. The lowest BCUT2D eigenvalue weighted by Gasteiger charge is -2.01. The van der Waals surface area contributed by atoms with Gasteiger partial charge >= 0.3 is 0 Å². The molecule has 0 saturated heterocycles. The average molecular weight is 217 g/mol. The zero-order valence-electron chi connectivity index (χ0n) is 9.22. The number of anilines is 2. The summed E-state index contributed by atoms with van der Waals surface area (Å²) in [5.74, 6) is 1.01. The van der Waals surface area contributed by atoms with Crippen LogP contribution in [0.5, 0.6) is 0 Å². The van der Waals surface area contributed by atoms with Gasteiger partial charge in [-0.05, 0) is 12.5 Å². The molecule has 0 spiro atoms. The number of rotatable bonds is 4. The summed E-state index contributed by atoms with van der Waals surface area (Å²) < 4.78 is 1.69. The first kappa shape index (κ1) is 10.5. The first-order valence-electron chi connectivity index (χ1n) is 5.27. The van der Waals surface area contributed by atoms with Gasteiger partial charge in [0.25, 0.3) is 0 Å². The van der Waals surface area contributed by atoms with Crippen LogP contribution in [0.1, 0.15) is 12.5 Å². The van der Waals surface area contributed by atoms with Crippen LogP contribution < -0.4 is 11.1 Å². The molecule has 16 heavy (non-hydrogen) atoms. The van der Waals surface area contributed by atoms with Crippen LogP contribution in [0.3, 0.4) is 0 Å². The zero-order valence-corrected chi connectivity index (χ0v) is 9.22. The van der Waals surface area contributed by atoms with Gasteiger partial charge in [-0.3, -0.25) is 0 Å². The molecular weight excluding hydrogens is 202 g/mol. The van der Waals surface area contributed by atoms with Crippen LogP contribution in [0.25, 0.3) is 0 Å². The fourth-order valence-electron chi connectivity index (χ4n) is 1.46. The van der Waals surface area contributed by atoms with E-state index in [0.717, 1.165) is 12.1 Å². The van der Waals surface area contributed by atoms with Crippen molar-refractivity contribution in [2.24, 2.45) is 0 Å². The fourth-order valence-corrected chi connectivity index (χ4v) is 1.46. The van der Waals surface area contributed by atoms with Crippen molar-refractivity contribution < 1.29 is 0 Å². The van der Waals surface area contributed by atoms with Crippen molar-refractivity contribution in [3.8, 4) is 0 Å². The molecule has 0 radical (unpaired) electrons. The van der Waals surface area contributed by atoms with E-state index in [1.165, 1.54) is 0 Å². The molecule has 0 aliphatic heterocycles. The van der Waals surface area contributed by atoms with Gasteiger partial charge in [0.1, 0.15) is 0 Å². The van der Waals surface area contributed by atoms with E-state index in [1.807, 2.05) is 37.3 Å². The minimum absolute atomic E-state index is 0.430. The fraction of sp³-hybridized carbons (Fsp3) is 0.273. The molecule has 0 aliphatic carbocycles. The molecule has 5 heteroatoms. The lowest BCUT2D eigenvalue weighted by molar-refractivity contribution is 0.697. The van der Waals surface area contributed by atoms with Crippen LogP contribution in [0.2, 0.25) is 0 Å². The van der Waals surface area contributed by atoms with Crippen LogP contribution in [-0.4, -0.2) is 21.3 Å². The topological polar surface area (TPSA) is 68.8 Å². The van der Waals surface area contributed by atoms with Gasteiger partial charge in [-0.15, -0.1) is 5.10 Å². The molecule has 0 bridgehead atoms. The number of hydrogen-bond acceptors (Lipinski definition) is 4. The predicted octanol–water partition coefficient (Wildman–Crippen LogP) is 1.34. The van der Waals surface area contributed by atoms with Gasteiger partial charge in [0, 0.05) is 6.54 Å². The Morgan fingerprint density at radius 1 is 1.31 bits per heavy atom. The second kappa shape index (κ2) is 4.65. The highest BCUT2D eigenvalue weighted by Gasteiger charge is 2.05. The van der Waals surface area contributed by atoms with Gasteiger partial charge in [0.2, 0.25) is 11.9 Å². The minimum atomic E-state index is 0.430. The van der Waals surface area contributed by atoms with Crippen molar-refractivity contribution in [3.63, 3.8) is 0 Å². The Labute approximate surface area is 94.3 Å². The van der Waals surface area contributed by atoms with Crippen LogP contribution in [0.4, 0.5) is 11.9 Å². The molecule has 1 aromatic heterocycles. The van der Waals surface area contributed by atoms with E-state index in [2.05, 4.69) is 15.4 Å². The Kier molecular flexibility index (Phi) is 3.05. The molecule has 2 aromatic rings. The molecule has 1 heterocycles. The standard InChI is InChI=1S/C11H15N5/c1-2-13-11-14-10(12)16(15-11)8-9-6-4-3-5-7-9/h3-7H,2,8H2,1H3,(H3,12,13,14,15). The van der Waals surface area contributed by atoms with Crippen molar-refractivity contribution in [1.82, 2.24) is 14.8 Å². The summed E-state index contributed by atoms with van der Waals surface area (Å²) in [5.41, 5.74) is 6.92. The van der Waals surface area contributed by atoms with E-state index in [-0.39, 0.29) is 0 Å². The summed E-state index contributed by atoms with van der Waals surface area (Å²) in [4.78, 5) is 4.12. The summed E-state index contributed by atoms with van der Waals surface area (Å²) in [6.07, 6.45) is 0. The van der Waals surface area contributed by atoms with Crippen molar-refractivity contribution in [1.29, 1.82) is 0 Å². The van der Waals surface area contributed by atoms with Crippen LogP contribution in [0, 0.1) is 0 Å². The Balaban J connectivity index is 2.15. The number of nitrogen functional groups attached to an aromatic ring is 1. The van der Waals surface area contributed by atoms with E-state index in [0.29, 0.717) is 18.4 Å². The number of nitrogens with zero attached hydrogens (tertiary/aromatic N) is 3. The number of benzene rings is 1. The molecular formula is C11H15N5. The van der Waals surface area contributed by atoms with E-state index in [4.69, 9.17) is 5.73 Å². The van der Waals surface area contributed by atoms with Gasteiger partial charge in [-0.1, -0.05) is 30.3 Å². The van der Waals surface area contributed by atoms with E-state index in [9.17, 15) is 0 Å². The van der Waals surface area contributed by atoms with Crippen LogP contribution in [-0.2, 0) is 6.54 Å². The molecule has 84 valence electrons. The van der Waals surface area contributed by atoms with Crippen molar-refractivity contribution in [3.05, 3.63) is 35.9 Å². The third kappa shape index (κ3) is 2.31. The molecule has 0 unspecified atom stereocenters. The lowest BCUT2D eigenvalue weighted by atomic mass is 10.2. The third-order valence-electron chi connectivity index (χ3n) is 2.21. The second-order valence-electron chi connectivity index (χ2n) is 3.47. The average Bonchev–Trinajstić information content (AvgIpc) is 2.61. The van der Waals surface area contributed by atoms with Crippen molar-refractivity contribution in [2.75, 3.05) is 17.6 Å². The van der Waals surface area contributed by atoms with Crippen molar-refractivity contribution in [2.45, 2.75) is 13.5 Å². The molecule has 0 atom stereocenters. The van der Waals surface area contributed by atoms with Gasteiger partial charge < -0.3 is 11.1 Å². The molecule has 0 aliphatic rings. The first-order chi connectivity index (χ1) is 7.79. The molecule has 5 nitrogen and oxygen atoms in total. The zero-order chi connectivity index (χ0) is 11.4. The molecule has 2 rings (SSSR count). The largest absolute Gasteiger partial charge is 0.368 e. The SMILES string of the molecule is CCNc1nc(N)n(Cc2ccccc2)n1. The molecule has 1 aromatic carbocycles. The highest BCUT2D eigenvalue weighted by Crippen LogP contribution is 2.08. The molecule has 0 fully saturated rings. The maximum atomic E-state index is 5.77. The number of nitrogens with two attached hydrogens (primary N) is 1. The Bertz CT molecular complexity index is 449. The molecule has 3 N–H and O–H groups in total. The number of hydrogen-bond donors (Lipinski definition) is 2. The first-order valence-corrected chi connectivity index (χ1v) is 5.27. The molecule has 0 saturated carbocycles. The quantitative estimate of drug-likeness (QED) is 0.811. The number of nitrogens with one attached hydrogen (secondary N) is 1. The Morgan fingerprint density at radius 3 is 2.75 bits per heavy atom. The van der Waals surface area contributed by atoms with Crippen molar-refractivity contribution >= 4 is 11.9 Å². The maximum Gasteiger partial charge on any atom is 0.243 e. The minimum Gasteiger partial charge on any atom is -0.368 e. The Hall–Kier alpha value is -2.04. The number of aromatic nitrogens is 3. The predicted molar refractivity (Wildman–Crippen MR) is 64.1 cm³/mol. The summed E-state index contributed by atoms with van der Waals surface area (Å²) in [6, 6.07) is 10.0. The van der Waals surface area contributed by atoms with Gasteiger partial charge in [0.15, 0.2) is 0 Å². The second-order valence-corrected chi connectivity index (χ2v) is 3.47. The summed E-state index contributed by atoms with van der Waals surface area (Å²) in [6.45, 7) is 3.42. The highest BCUT2D eigenvalue weighted by molar-refractivity contribution is 5.32. The van der Waals surface area contributed by atoms with Gasteiger partial charge in [0.05, 0.1) is 6.54 Å².